The number of nitrogens with zero attached hydrogens (tertiary/aromatic N) is 1. The normalized spacial score (nSPS) is 12.2. The summed E-state index contributed by atoms with van der Waals surface area (Å²) in [4.78, 5) is 15.6. The van der Waals surface area contributed by atoms with E-state index < -0.39 is 0 Å². The molecule has 5 heteroatoms. The predicted molar refractivity (Wildman–Crippen MR) is 68.8 cm³/mol. The first-order valence-electron chi connectivity index (χ1n) is 5.12. The van der Waals surface area contributed by atoms with Gasteiger partial charge in [0.2, 0.25) is 0 Å². The minimum atomic E-state index is -0.101. The van der Waals surface area contributed by atoms with Gasteiger partial charge in [-0.15, -0.1) is 11.6 Å². The summed E-state index contributed by atoms with van der Waals surface area (Å²) < 4.78 is 0.800. The number of amides is 1. The lowest BCUT2D eigenvalue weighted by molar-refractivity contribution is 0.0952. The number of alkyl halides is 1. The zero-order valence-electron chi connectivity index (χ0n) is 9.04. The molecule has 1 unspecified atom stereocenters. The average Bonchev–Trinajstić information content (AvgIpc) is 2.24. The maximum absolute atomic E-state index is 11.6. The van der Waals surface area contributed by atoms with Crippen LogP contribution in [0.5, 0.6) is 0 Å². The molecule has 1 atom stereocenters. The molecule has 3 nitrogen and oxygen atoms in total. The third-order valence-corrected chi connectivity index (χ3v) is 2.68. The quantitative estimate of drug-likeness (QED) is 0.671. The fraction of sp³-hybridized carbons (Fsp3) is 0.455. The van der Waals surface area contributed by atoms with Gasteiger partial charge >= 0.3 is 0 Å². The Morgan fingerprint density at radius 2 is 2.38 bits per heavy atom. The van der Waals surface area contributed by atoms with E-state index in [-0.39, 0.29) is 11.3 Å². The molecule has 0 radical (unpaired) electrons. The zero-order valence-corrected chi connectivity index (χ0v) is 11.4. The molecule has 0 saturated carbocycles. The standard InChI is InChI=1S/C11H14BrClN2O/c1-8(13)3-2-4-15-11(16)9-5-10(12)7-14-6-9/h5-8H,2-4H2,1H3,(H,15,16). The molecule has 0 spiro atoms. The second-order valence-electron chi connectivity index (χ2n) is 3.57. The van der Waals surface area contributed by atoms with Crippen molar-refractivity contribution in [3.8, 4) is 0 Å². The molecule has 1 rings (SSSR count). The molecule has 1 aromatic heterocycles. The summed E-state index contributed by atoms with van der Waals surface area (Å²) in [6.45, 7) is 2.59. The molecule has 1 heterocycles. The summed E-state index contributed by atoms with van der Waals surface area (Å²) in [5.41, 5.74) is 0.563. The van der Waals surface area contributed by atoms with E-state index in [1.165, 1.54) is 0 Å². The predicted octanol–water partition coefficient (Wildman–Crippen LogP) is 2.98. The van der Waals surface area contributed by atoms with Crippen molar-refractivity contribution in [2.24, 2.45) is 0 Å². The van der Waals surface area contributed by atoms with Crippen molar-refractivity contribution in [2.45, 2.75) is 25.1 Å². The lowest BCUT2D eigenvalue weighted by Gasteiger charge is -2.06. The molecule has 1 aromatic rings. The average molecular weight is 306 g/mol. The lowest BCUT2D eigenvalue weighted by atomic mass is 10.2. The van der Waals surface area contributed by atoms with Gasteiger partial charge in [0, 0.05) is 28.8 Å². The number of nitrogens with one attached hydrogen (secondary N) is 1. The minimum Gasteiger partial charge on any atom is -0.352 e. The molecule has 0 aliphatic carbocycles. The summed E-state index contributed by atoms with van der Waals surface area (Å²) in [6, 6.07) is 1.74. The summed E-state index contributed by atoms with van der Waals surface area (Å²) in [6.07, 6.45) is 4.98. The van der Waals surface area contributed by atoms with E-state index in [2.05, 4.69) is 26.2 Å². The van der Waals surface area contributed by atoms with E-state index >= 15 is 0 Å². The van der Waals surface area contributed by atoms with Gasteiger partial charge in [0.05, 0.1) is 5.56 Å². The van der Waals surface area contributed by atoms with Gasteiger partial charge in [-0.1, -0.05) is 0 Å². The van der Waals surface area contributed by atoms with Gasteiger partial charge in [0.1, 0.15) is 0 Å². The zero-order chi connectivity index (χ0) is 12.0. The van der Waals surface area contributed by atoms with Crippen molar-refractivity contribution >= 4 is 33.4 Å². The Kier molecular flexibility index (Phi) is 5.77. The maximum Gasteiger partial charge on any atom is 0.252 e. The van der Waals surface area contributed by atoms with Gasteiger partial charge in [0.15, 0.2) is 0 Å². The second kappa shape index (κ2) is 6.86. The summed E-state index contributed by atoms with van der Waals surface area (Å²) >= 11 is 9.07. The Bertz CT molecular complexity index is 358. The highest BCUT2D eigenvalue weighted by atomic mass is 79.9. The maximum atomic E-state index is 11.6. The van der Waals surface area contributed by atoms with Crippen LogP contribution in [0, 0.1) is 0 Å². The number of pyridine rings is 1. The number of aromatic nitrogens is 1. The fourth-order valence-electron chi connectivity index (χ4n) is 1.22. The monoisotopic (exact) mass is 304 g/mol. The Morgan fingerprint density at radius 3 is 3.00 bits per heavy atom. The number of hydrogen-bond donors (Lipinski definition) is 1. The van der Waals surface area contributed by atoms with Gasteiger partial charge in [0.25, 0.3) is 5.91 Å². The van der Waals surface area contributed by atoms with Crippen LogP contribution in [0.4, 0.5) is 0 Å². The molecular formula is C11H14BrClN2O. The van der Waals surface area contributed by atoms with Crippen LogP contribution in [0.15, 0.2) is 22.9 Å². The molecule has 0 aliphatic heterocycles. The first-order valence-corrected chi connectivity index (χ1v) is 6.35. The molecular weight excluding hydrogens is 291 g/mol. The molecule has 0 bridgehead atoms. The topological polar surface area (TPSA) is 42.0 Å². The van der Waals surface area contributed by atoms with Crippen LogP contribution in [0.3, 0.4) is 0 Å². The minimum absolute atomic E-state index is 0.101. The second-order valence-corrected chi connectivity index (χ2v) is 5.23. The molecule has 1 amide bonds. The SMILES string of the molecule is CC(Cl)CCCNC(=O)c1cncc(Br)c1. The van der Waals surface area contributed by atoms with E-state index in [0.717, 1.165) is 17.3 Å². The Morgan fingerprint density at radius 1 is 1.62 bits per heavy atom. The van der Waals surface area contributed by atoms with Gasteiger partial charge in [-0.25, -0.2) is 0 Å². The molecule has 0 aromatic carbocycles. The highest BCUT2D eigenvalue weighted by molar-refractivity contribution is 9.10. The molecule has 0 aliphatic rings. The van der Waals surface area contributed by atoms with Gasteiger partial charge in [-0.05, 0) is 41.8 Å². The van der Waals surface area contributed by atoms with Crippen LogP contribution in [0.25, 0.3) is 0 Å². The van der Waals surface area contributed by atoms with E-state index in [0.29, 0.717) is 12.1 Å². The number of rotatable bonds is 5. The van der Waals surface area contributed by atoms with Crippen LogP contribution in [0.1, 0.15) is 30.1 Å². The molecule has 0 fully saturated rings. The number of halogens is 2. The van der Waals surface area contributed by atoms with Crippen LogP contribution in [0.2, 0.25) is 0 Å². The Balaban J connectivity index is 2.35. The number of hydrogen-bond acceptors (Lipinski definition) is 2. The van der Waals surface area contributed by atoms with Crippen molar-refractivity contribution in [1.29, 1.82) is 0 Å². The van der Waals surface area contributed by atoms with E-state index in [1.54, 1.807) is 18.5 Å². The lowest BCUT2D eigenvalue weighted by Crippen LogP contribution is -2.24. The smallest absolute Gasteiger partial charge is 0.252 e. The van der Waals surface area contributed by atoms with E-state index in [4.69, 9.17) is 11.6 Å². The highest BCUT2D eigenvalue weighted by Gasteiger charge is 2.05. The fourth-order valence-corrected chi connectivity index (χ4v) is 1.74. The third-order valence-electron chi connectivity index (χ3n) is 2.03. The van der Waals surface area contributed by atoms with Crippen molar-refractivity contribution in [2.75, 3.05) is 6.54 Å². The van der Waals surface area contributed by atoms with Crippen LogP contribution < -0.4 is 5.32 Å². The van der Waals surface area contributed by atoms with Crippen molar-refractivity contribution in [3.63, 3.8) is 0 Å². The summed E-state index contributed by atoms with van der Waals surface area (Å²) in [7, 11) is 0. The van der Waals surface area contributed by atoms with Gasteiger partial charge < -0.3 is 5.32 Å². The highest BCUT2D eigenvalue weighted by Crippen LogP contribution is 2.09. The number of carbonyl (C=O) groups excluding carboxylic acids is 1. The third kappa shape index (κ3) is 4.94. The molecule has 16 heavy (non-hydrogen) atoms. The van der Waals surface area contributed by atoms with Crippen LogP contribution in [-0.4, -0.2) is 22.8 Å². The molecule has 88 valence electrons. The van der Waals surface area contributed by atoms with Crippen LogP contribution in [-0.2, 0) is 0 Å². The Hall–Kier alpha value is -0.610. The summed E-state index contributed by atoms with van der Waals surface area (Å²) in [5, 5.41) is 2.98. The molecule has 0 saturated heterocycles. The van der Waals surface area contributed by atoms with Gasteiger partial charge in [-0.3, -0.25) is 9.78 Å². The van der Waals surface area contributed by atoms with E-state index in [9.17, 15) is 4.79 Å². The van der Waals surface area contributed by atoms with Crippen LogP contribution >= 0.6 is 27.5 Å². The van der Waals surface area contributed by atoms with E-state index in [1.807, 2.05) is 6.92 Å². The first kappa shape index (κ1) is 13.5. The summed E-state index contributed by atoms with van der Waals surface area (Å²) in [5.74, 6) is -0.101. The molecule has 1 N–H and O–H groups in total. The Labute approximate surface area is 109 Å². The largest absolute Gasteiger partial charge is 0.352 e. The van der Waals surface area contributed by atoms with Crippen molar-refractivity contribution < 1.29 is 4.79 Å². The van der Waals surface area contributed by atoms with Crippen molar-refractivity contribution in [1.82, 2.24) is 10.3 Å². The first-order chi connectivity index (χ1) is 7.59. The van der Waals surface area contributed by atoms with Crippen molar-refractivity contribution in [3.05, 3.63) is 28.5 Å². The number of carbonyl (C=O) groups is 1. The van der Waals surface area contributed by atoms with Gasteiger partial charge in [-0.2, -0.15) is 0 Å².